The topological polar surface area (TPSA) is 58.6 Å². The molecule has 0 aromatic heterocycles. The Labute approximate surface area is 119 Å². The molecule has 0 fully saturated rings. The van der Waals surface area contributed by atoms with E-state index in [0.717, 1.165) is 0 Å². The molecule has 2 amide bonds. The van der Waals surface area contributed by atoms with Gasteiger partial charge in [-0.05, 0) is 18.1 Å². The van der Waals surface area contributed by atoms with Crippen LogP contribution in [0.25, 0.3) is 0 Å². The van der Waals surface area contributed by atoms with E-state index in [1.54, 1.807) is 18.2 Å². The molecule has 0 unspecified atom stereocenters. The number of methoxy groups -OCH3 is 1. The summed E-state index contributed by atoms with van der Waals surface area (Å²) in [5.74, 6) is 0.560. The number of amides is 2. The monoisotopic (exact) mass is 278 g/mol. The van der Waals surface area contributed by atoms with E-state index in [-0.39, 0.29) is 18.4 Å². The van der Waals surface area contributed by atoms with Crippen molar-refractivity contribution in [2.45, 2.75) is 20.8 Å². The number of carbonyl (C=O) groups is 2. The van der Waals surface area contributed by atoms with Crippen molar-refractivity contribution in [3.63, 3.8) is 0 Å². The van der Waals surface area contributed by atoms with Crippen molar-refractivity contribution < 1.29 is 14.3 Å². The number of carbonyl (C=O) groups excluding carboxylic acids is 2. The van der Waals surface area contributed by atoms with Gasteiger partial charge in [-0.1, -0.05) is 26.0 Å². The fourth-order valence-corrected chi connectivity index (χ4v) is 1.74. The Morgan fingerprint density at radius 2 is 1.95 bits per heavy atom. The zero-order chi connectivity index (χ0) is 15.1. The van der Waals surface area contributed by atoms with Crippen molar-refractivity contribution in [2.24, 2.45) is 5.92 Å². The van der Waals surface area contributed by atoms with E-state index in [4.69, 9.17) is 4.74 Å². The normalized spacial score (nSPS) is 10.2. The number of rotatable bonds is 6. The second-order valence-corrected chi connectivity index (χ2v) is 4.97. The molecule has 1 aromatic rings. The minimum Gasteiger partial charge on any atom is -0.495 e. The van der Waals surface area contributed by atoms with Crippen LogP contribution in [0.2, 0.25) is 0 Å². The lowest BCUT2D eigenvalue weighted by molar-refractivity contribution is -0.123. The second-order valence-electron chi connectivity index (χ2n) is 4.97. The van der Waals surface area contributed by atoms with Gasteiger partial charge < -0.3 is 10.1 Å². The summed E-state index contributed by atoms with van der Waals surface area (Å²) in [7, 11) is 1.54. The van der Waals surface area contributed by atoms with Crippen LogP contribution in [0, 0.1) is 5.92 Å². The summed E-state index contributed by atoms with van der Waals surface area (Å²) < 4.78 is 5.23. The summed E-state index contributed by atoms with van der Waals surface area (Å²) in [5, 5.41) is 2.80. The van der Waals surface area contributed by atoms with E-state index in [2.05, 4.69) is 5.32 Å². The molecule has 1 rings (SSSR count). The van der Waals surface area contributed by atoms with Gasteiger partial charge in [-0.15, -0.1) is 0 Å². The lowest BCUT2D eigenvalue weighted by Gasteiger charge is -2.22. The van der Waals surface area contributed by atoms with Gasteiger partial charge in [0, 0.05) is 13.5 Å². The van der Waals surface area contributed by atoms with E-state index >= 15 is 0 Å². The van der Waals surface area contributed by atoms with Crippen LogP contribution in [-0.4, -0.2) is 32.0 Å². The van der Waals surface area contributed by atoms with Crippen LogP contribution in [0.1, 0.15) is 20.8 Å². The number of para-hydroxylation sites is 2. The van der Waals surface area contributed by atoms with Gasteiger partial charge in [0.05, 0.1) is 12.8 Å². The van der Waals surface area contributed by atoms with E-state index in [9.17, 15) is 9.59 Å². The smallest absolute Gasteiger partial charge is 0.240 e. The van der Waals surface area contributed by atoms with Crippen LogP contribution in [-0.2, 0) is 9.59 Å². The highest BCUT2D eigenvalue weighted by molar-refractivity contribution is 5.98. The number of hydrogen-bond donors (Lipinski definition) is 1. The van der Waals surface area contributed by atoms with E-state index < -0.39 is 0 Å². The zero-order valence-electron chi connectivity index (χ0n) is 12.5. The molecule has 0 saturated carbocycles. The molecule has 0 spiro atoms. The number of nitrogens with one attached hydrogen (secondary N) is 1. The molecule has 1 N–H and O–H groups in total. The predicted molar refractivity (Wildman–Crippen MR) is 78.9 cm³/mol. The SMILES string of the molecule is COc1ccccc1N(CC(=O)NCC(C)C)C(C)=O. The Balaban J connectivity index is 2.84. The van der Waals surface area contributed by atoms with Gasteiger partial charge in [-0.2, -0.15) is 0 Å². The first-order valence-corrected chi connectivity index (χ1v) is 6.63. The summed E-state index contributed by atoms with van der Waals surface area (Å²) in [5.41, 5.74) is 0.599. The average Bonchev–Trinajstić information content (AvgIpc) is 2.42. The number of benzene rings is 1. The third kappa shape index (κ3) is 4.57. The quantitative estimate of drug-likeness (QED) is 0.863. The van der Waals surface area contributed by atoms with Crippen molar-refractivity contribution in [2.75, 3.05) is 25.1 Å². The van der Waals surface area contributed by atoms with Crippen LogP contribution in [0.4, 0.5) is 5.69 Å². The molecule has 5 heteroatoms. The van der Waals surface area contributed by atoms with Crippen molar-refractivity contribution in [1.29, 1.82) is 0 Å². The summed E-state index contributed by atoms with van der Waals surface area (Å²) in [6, 6.07) is 7.15. The molecule has 0 aliphatic heterocycles. The lowest BCUT2D eigenvalue weighted by atomic mass is 10.2. The molecule has 110 valence electrons. The maximum absolute atomic E-state index is 11.9. The van der Waals surface area contributed by atoms with Gasteiger partial charge in [0.15, 0.2) is 0 Å². The molecule has 5 nitrogen and oxygen atoms in total. The maximum Gasteiger partial charge on any atom is 0.240 e. The minimum atomic E-state index is -0.200. The third-order valence-corrected chi connectivity index (χ3v) is 2.77. The predicted octanol–water partition coefficient (Wildman–Crippen LogP) is 1.82. The average molecular weight is 278 g/mol. The molecule has 20 heavy (non-hydrogen) atoms. The lowest BCUT2D eigenvalue weighted by Crippen LogP contribution is -2.41. The number of anilines is 1. The molecule has 0 radical (unpaired) electrons. The summed E-state index contributed by atoms with van der Waals surface area (Å²) in [4.78, 5) is 25.1. The van der Waals surface area contributed by atoms with Crippen LogP contribution in [0.5, 0.6) is 5.75 Å². The molecule has 0 atom stereocenters. The summed E-state index contributed by atoms with van der Waals surface area (Å²) >= 11 is 0. The Morgan fingerprint density at radius 3 is 2.50 bits per heavy atom. The fraction of sp³-hybridized carbons (Fsp3) is 0.467. The van der Waals surface area contributed by atoms with Gasteiger partial charge in [-0.3, -0.25) is 14.5 Å². The summed E-state index contributed by atoms with van der Waals surface area (Å²) in [6.45, 7) is 6.05. The molecule has 0 aliphatic rings. The molecular weight excluding hydrogens is 256 g/mol. The van der Waals surface area contributed by atoms with Crippen LogP contribution < -0.4 is 15.0 Å². The van der Waals surface area contributed by atoms with Crippen LogP contribution in [0.3, 0.4) is 0 Å². The third-order valence-electron chi connectivity index (χ3n) is 2.77. The van der Waals surface area contributed by atoms with Gasteiger partial charge in [0.1, 0.15) is 12.3 Å². The number of hydrogen-bond acceptors (Lipinski definition) is 3. The van der Waals surface area contributed by atoms with Gasteiger partial charge >= 0.3 is 0 Å². The van der Waals surface area contributed by atoms with Crippen LogP contribution >= 0.6 is 0 Å². The number of ether oxygens (including phenoxy) is 1. The largest absolute Gasteiger partial charge is 0.495 e. The highest BCUT2D eigenvalue weighted by Crippen LogP contribution is 2.27. The second kappa shape index (κ2) is 7.53. The van der Waals surface area contributed by atoms with Crippen LogP contribution in [0.15, 0.2) is 24.3 Å². The van der Waals surface area contributed by atoms with Crippen molar-refractivity contribution in [3.05, 3.63) is 24.3 Å². The molecule has 1 aromatic carbocycles. The Bertz CT molecular complexity index is 472. The van der Waals surface area contributed by atoms with Gasteiger partial charge in [0.2, 0.25) is 11.8 Å². The van der Waals surface area contributed by atoms with E-state index in [1.807, 2.05) is 19.9 Å². The van der Waals surface area contributed by atoms with Crippen molar-refractivity contribution in [3.8, 4) is 5.75 Å². The first kappa shape index (κ1) is 16.0. The first-order valence-electron chi connectivity index (χ1n) is 6.63. The van der Waals surface area contributed by atoms with E-state index in [0.29, 0.717) is 23.9 Å². The molecule has 0 heterocycles. The fourth-order valence-electron chi connectivity index (χ4n) is 1.74. The summed E-state index contributed by atoms with van der Waals surface area (Å²) in [6.07, 6.45) is 0. The van der Waals surface area contributed by atoms with E-state index in [1.165, 1.54) is 18.9 Å². The zero-order valence-corrected chi connectivity index (χ0v) is 12.5. The highest BCUT2D eigenvalue weighted by atomic mass is 16.5. The highest BCUT2D eigenvalue weighted by Gasteiger charge is 2.18. The molecular formula is C15H22N2O3. The molecule has 0 saturated heterocycles. The molecule has 0 aliphatic carbocycles. The minimum absolute atomic E-state index is 0.0115. The molecule has 0 bridgehead atoms. The first-order chi connectivity index (χ1) is 9.45. The number of nitrogens with zero attached hydrogens (tertiary/aromatic N) is 1. The van der Waals surface area contributed by atoms with Crippen molar-refractivity contribution in [1.82, 2.24) is 5.32 Å². The Hall–Kier alpha value is -2.04. The van der Waals surface area contributed by atoms with Gasteiger partial charge in [0.25, 0.3) is 0 Å². The standard InChI is InChI=1S/C15H22N2O3/c1-11(2)9-16-15(19)10-17(12(3)18)13-7-5-6-8-14(13)20-4/h5-8,11H,9-10H2,1-4H3,(H,16,19). The Morgan fingerprint density at radius 1 is 1.30 bits per heavy atom. The van der Waals surface area contributed by atoms with Gasteiger partial charge in [-0.25, -0.2) is 0 Å². The Kier molecular flexibility index (Phi) is 6.03. The van der Waals surface area contributed by atoms with Crippen molar-refractivity contribution >= 4 is 17.5 Å². The maximum atomic E-state index is 11.9.